The van der Waals surface area contributed by atoms with Crippen LogP contribution in [0.1, 0.15) is 43.7 Å². The fourth-order valence-corrected chi connectivity index (χ4v) is 5.65. The maximum Gasteiger partial charge on any atom is 0.435 e. The first-order valence-electron chi connectivity index (χ1n) is 14.8. The lowest BCUT2D eigenvalue weighted by Crippen LogP contribution is -2.50. The van der Waals surface area contributed by atoms with E-state index in [0.717, 1.165) is 0 Å². The molecule has 0 saturated carbocycles. The van der Waals surface area contributed by atoms with Crippen LogP contribution in [0.5, 0.6) is 0 Å². The Morgan fingerprint density at radius 3 is 2.00 bits per heavy atom. The van der Waals surface area contributed by atoms with Gasteiger partial charge in [0.1, 0.15) is 37.3 Å². The Kier molecular flexibility index (Phi) is 11.8. The molecule has 2 aliphatic heterocycles. The number of ether oxygens (including phenoxy) is 2. The van der Waals surface area contributed by atoms with Crippen LogP contribution in [0.4, 0.5) is 16.2 Å². The summed E-state index contributed by atoms with van der Waals surface area (Å²) in [6.45, 7) is 2.74. The summed E-state index contributed by atoms with van der Waals surface area (Å²) < 4.78 is 10.4. The number of nitro groups is 2. The Morgan fingerprint density at radius 1 is 0.936 bits per heavy atom. The molecule has 4 rings (SSSR count). The number of amidine groups is 2. The lowest BCUT2D eigenvalue weighted by Gasteiger charge is -2.35. The van der Waals surface area contributed by atoms with Crippen LogP contribution >= 0.6 is 12.6 Å². The SMILES string of the molecule is CC(=NC(=O)OCc1ccc([N+](=O)[O-])cc1)N1C[C@@H](S)C[C@H]1C(=O)N1CCC(N=C(N)CC(=O)OCc2ccc([N+](=O)[O-])cc2)CC1. The van der Waals surface area contributed by atoms with Gasteiger partial charge in [0.15, 0.2) is 0 Å². The minimum Gasteiger partial charge on any atom is -0.460 e. The molecule has 2 saturated heterocycles. The van der Waals surface area contributed by atoms with Gasteiger partial charge >= 0.3 is 12.1 Å². The van der Waals surface area contributed by atoms with Crippen LogP contribution in [0.15, 0.2) is 58.5 Å². The summed E-state index contributed by atoms with van der Waals surface area (Å²) >= 11 is 4.57. The van der Waals surface area contributed by atoms with E-state index in [1.165, 1.54) is 48.5 Å². The summed E-state index contributed by atoms with van der Waals surface area (Å²) in [6.07, 6.45) is 0.509. The zero-order valence-electron chi connectivity index (χ0n) is 25.6. The number of nitrogens with two attached hydrogens (primary N) is 1. The fraction of sp³-hybridized carbons (Fsp3) is 0.433. The number of amides is 2. The van der Waals surface area contributed by atoms with Gasteiger partial charge in [0, 0.05) is 49.1 Å². The fourth-order valence-electron chi connectivity index (χ4n) is 5.28. The zero-order chi connectivity index (χ0) is 34.1. The van der Waals surface area contributed by atoms with Crippen molar-refractivity contribution in [3.63, 3.8) is 0 Å². The number of thiol groups is 1. The van der Waals surface area contributed by atoms with Crippen LogP contribution < -0.4 is 5.73 Å². The van der Waals surface area contributed by atoms with Crippen molar-refractivity contribution in [1.82, 2.24) is 9.80 Å². The molecule has 0 bridgehead atoms. The molecule has 16 nitrogen and oxygen atoms in total. The Hall–Kier alpha value is -5.06. The van der Waals surface area contributed by atoms with Crippen molar-refractivity contribution in [2.24, 2.45) is 15.7 Å². The van der Waals surface area contributed by atoms with Crippen molar-refractivity contribution in [2.45, 2.75) is 63.2 Å². The summed E-state index contributed by atoms with van der Waals surface area (Å²) in [5.74, 6) is -0.246. The second-order valence-electron chi connectivity index (χ2n) is 11.1. The molecule has 0 unspecified atom stereocenters. The summed E-state index contributed by atoms with van der Waals surface area (Å²) in [5.41, 5.74) is 7.04. The number of nitro benzene ring substituents is 2. The van der Waals surface area contributed by atoms with Gasteiger partial charge < -0.3 is 25.0 Å². The standard InChI is InChI=1S/C30H35N7O9S/c1-19(32-30(40)46-18-21-4-8-24(9-5-21)37(43)44)35-16-25(47)14-26(35)29(39)34-12-10-22(11-13-34)33-27(31)15-28(38)45-17-20-2-6-23(7-3-20)36(41)42/h2-9,22,25-26,47H,10-18H2,1H3,(H2,31,33)/t25-,26-/m0/s1. The minimum absolute atomic E-state index is 0.0521. The Labute approximate surface area is 275 Å². The Balaban J connectivity index is 1.23. The van der Waals surface area contributed by atoms with E-state index in [1.54, 1.807) is 16.7 Å². The highest BCUT2D eigenvalue weighted by Crippen LogP contribution is 2.26. The molecule has 0 spiro atoms. The van der Waals surface area contributed by atoms with Gasteiger partial charge in [-0.05, 0) is 61.6 Å². The zero-order valence-corrected chi connectivity index (χ0v) is 26.5. The topological polar surface area (TPSA) is 213 Å². The van der Waals surface area contributed by atoms with Crippen LogP contribution in [0.2, 0.25) is 0 Å². The molecule has 2 N–H and O–H groups in total. The van der Waals surface area contributed by atoms with Crippen molar-refractivity contribution in [1.29, 1.82) is 0 Å². The average Bonchev–Trinajstić information content (AvgIpc) is 3.44. The third-order valence-electron chi connectivity index (χ3n) is 7.74. The number of nitrogens with zero attached hydrogens (tertiary/aromatic N) is 6. The molecule has 47 heavy (non-hydrogen) atoms. The number of piperidine rings is 1. The average molecular weight is 670 g/mol. The van der Waals surface area contributed by atoms with Crippen molar-refractivity contribution in [3.8, 4) is 0 Å². The lowest BCUT2D eigenvalue weighted by molar-refractivity contribution is -0.385. The van der Waals surface area contributed by atoms with E-state index >= 15 is 0 Å². The van der Waals surface area contributed by atoms with Gasteiger partial charge in [0.2, 0.25) is 5.91 Å². The number of esters is 1. The van der Waals surface area contributed by atoms with Gasteiger partial charge in [-0.3, -0.25) is 34.8 Å². The number of non-ortho nitro benzene ring substituents is 2. The maximum atomic E-state index is 13.5. The number of aliphatic imine (C=N–C) groups is 2. The molecule has 250 valence electrons. The molecule has 2 fully saturated rings. The highest BCUT2D eigenvalue weighted by atomic mass is 32.1. The van der Waals surface area contributed by atoms with E-state index in [9.17, 15) is 34.6 Å². The second-order valence-corrected chi connectivity index (χ2v) is 11.9. The summed E-state index contributed by atoms with van der Waals surface area (Å²) in [6, 6.07) is 10.6. The molecule has 2 amide bonds. The lowest BCUT2D eigenvalue weighted by atomic mass is 10.0. The van der Waals surface area contributed by atoms with Gasteiger partial charge in [-0.2, -0.15) is 17.6 Å². The largest absolute Gasteiger partial charge is 0.460 e. The molecule has 2 aromatic carbocycles. The van der Waals surface area contributed by atoms with Gasteiger partial charge in [-0.25, -0.2) is 4.79 Å². The van der Waals surface area contributed by atoms with E-state index < -0.39 is 28.0 Å². The molecule has 0 aromatic heterocycles. The molecular weight excluding hydrogens is 634 g/mol. The monoisotopic (exact) mass is 669 g/mol. The summed E-state index contributed by atoms with van der Waals surface area (Å²) in [7, 11) is 0. The summed E-state index contributed by atoms with van der Waals surface area (Å²) in [5, 5.41) is 21.5. The van der Waals surface area contributed by atoms with Gasteiger partial charge in [-0.1, -0.05) is 0 Å². The van der Waals surface area contributed by atoms with E-state index in [0.29, 0.717) is 55.9 Å². The predicted octanol–water partition coefficient (Wildman–Crippen LogP) is 3.41. The van der Waals surface area contributed by atoms with Crippen LogP contribution in [0.25, 0.3) is 0 Å². The van der Waals surface area contributed by atoms with E-state index in [2.05, 4.69) is 22.6 Å². The second kappa shape index (κ2) is 16.0. The minimum atomic E-state index is -0.846. The van der Waals surface area contributed by atoms with E-state index in [-0.39, 0.29) is 54.0 Å². The van der Waals surface area contributed by atoms with E-state index in [4.69, 9.17) is 15.2 Å². The van der Waals surface area contributed by atoms with E-state index in [1.807, 2.05) is 0 Å². The molecule has 2 heterocycles. The molecule has 17 heteroatoms. The first-order valence-corrected chi connectivity index (χ1v) is 15.3. The highest BCUT2D eigenvalue weighted by Gasteiger charge is 2.39. The number of hydrogen-bond donors (Lipinski definition) is 2. The molecule has 0 radical (unpaired) electrons. The van der Waals surface area contributed by atoms with Crippen molar-refractivity contribution in [2.75, 3.05) is 19.6 Å². The molecule has 2 aromatic rings. The van der Waals surface area contributed by atoms with Crippen molar-refractivity contribution >= 4 is 53.6 Å². The highest BCUT2D eigenvalue weighted by molar-refractivity contribution is 7.81. The molecule has 2 aliphatic rings. The van der Waals surface area contributed by atoms with Crippen molar-refractivity contribution < 1.29 is 33.7 Å². The number of rotatable bonds is 10. The number of carbonyl (C=O) groups is 3. The Morgan fingerprint density at radius 2 is 1.47 bits per heavy atom. The van der Waals surface area contributed by atoms with Crippen LogP contribution in [0, 0.1) is 20.2 Å². The molecular formula is C30H35N7O9S. The number of benzene rings is 2. The van der Waals surface area contributed by atoms with Crippen molar-refractivity contribution in [3.05, 3.63) is 79.9 Å². The van der Waals surface area contributed by atoms with Gasteiger partial charge in [0.25, 0.3) is 11.4 Å². The molecule has 0 aliphatic carbocycles. The van der Waals surface area contributed by atoms with Gasteiger partial charge in [0.05, 0.1) is 15.9 Å². The quantitative estimate of drug-likeness (QED) is 0.0934. The van der Waals surface area contributed by atoms with Crippen LogP contribution in [-0.4, -0.2) is 86.3 Å². The Bertz CT molecular complexity index is 1540. The third-order valence-corrected chi connectivity index (χ3v) is 8.11. The van der Waals surface area contributed by atoms with Crippen LogP contribution in [0.3, 0.4) is 0 Å². The number of hydrogen-bond acceptors (Lipinski definition) is 11. The number of carbonyl (C=O) groups excluding carboxylic acids is 3. The predicted molar refractivity (Wildman–Crippen MR) is 173 cm³/mol. The van der Waals surface area contributed by atoms with Crippen LogP contribution in [-0.2, 0) is 32.3 Å². The number of likely N-dealkylation sites (tertiary alicyclic amines) is 2. The molecule has 2 atom stereocenters. The first-order chi connectivity index (χ1) is 22.4. The normalized spacial score (nSPS) is 18.9. The third kappa shape index (κ3) is 9.96. The maximum absolute atomic E-state index is 13.5. The summed E-state index contributed by atoms with van der Waals surface area (Å²) in [4.78, 5) is 70.7. The smallest absolute Gasteiger partial charge is 0.435 e. The van der Waals surface area contributed by atoms with Gasteiger partial charge in [-0.15, -0.1) is 0 Å². The first kappa shape index (κ1) is 34.8.